The van der Waals surface area contributed by atoms with Crippen molar-refractivity contribution in [3.8, 4) is 11.5 Å². The first-order valence-corrected chi connectivity index (χ1v) is 8.42. The van der Waals surface area contributed by atoms with Crippen molar-refractivity contribution in [1.29, 1.82) is 0 Å². The number of imide groups is 1. The summed E-state index contributed by atoms with van der Waals surface area (Å²) in [4.78, 5) is 25.7. The Morgan fingerprint density at radius 1 is 1.15 bits per heavy atom. The molecule has 0 radical (unpaired) electrons. The molecular weight excluding hydrogens is 351 g/mol. The maximum atomic E-state index is 13.8. The summed E-state index contributed by atoms with van der Waals surface area (Å²) in [5.74, 6) is 0.124. The van der Waals surface area contributed by atoms with Gasteiger partial charge in [-0.05, 0) is 36.8 Å². The molecule has 7 heteroatoms. The van der Waals surface area contributed by atoms with Crippen molar-refractivity contribution in [1.82, 2.24) is 10.2 Å². The van der Waals surface area contributed by atoms with Crippen LogP contribution in [0.4, 0.5) is 9.18 Å². The van der Waals surface area contributed by atoms with Crippen LogP contribution in [0.2, 0.25) is 0 Å². The molecule has 0 saturated carbocycles. The van der Waals surface area contributed by atoms with Crippen LogP contribution in [0, 0.1) is 5.82 Å². The lowest BCUT2D eigenvalue weighted by molar-refractivity contribution is -0.123. The lowest BCUT2D eigenvalue weighted by atomic mass is 10.1. The molecule has 0 bridgehead atoms. The number of benzene rings is 2. The van der Waals surface area contributed by atoms with Gasteiger partial charge in [0.05, 0.1) is 20.3 Å². The van der Waals surface area contributed by atoms with Gasteiger partial charge in [0.25, 0.3) is 5.91 Å². The maximum absolute atomic E-state index is 13.8. The molecule has 1 heterocycles. The molecule has 1 saturated heterocycles. The predicted octanol–water partition coefficient (Wildman–Crippen LogP) is 3.33. The summed E-state index contributed by atoms with van der Waals surface area (Å²) in [6.07, 6.45) is 1.54. The van der Waals surface area contributed by atoms with E-state index in [1.165, 1.54) is 19.2 Å². The van der Waals surface area contributed by atoms with Crippen molar-refractivity contribution >= 4 is 18.0 Å². The van der Waals surface area contributed by atoms with Crippen LogP contribution >= 0.6 is 0 Å². The molecule has 1 fully saturated rings. The second-order valence-corrected chi connectivity index (χ2v) is 5.81. The number of rotatable bonds is 6. The van der Waals surface area contributed by atoms with E-state index in [2.05, 4.69) is 5.32 Å². The predicted molar refractivity (Wildman–Crippen MR) is 97.6 cm³/mol. The van der Waals surface area contributed by atoms with Gasteiger partial charge in [-0.3, -0.25) is 9.69 Å². The van der Waals surface area contributed by atoms with E-state index in [1.54, 1.807) is 36.4 Å². The number of hydrogen-bond donors (Lipinski definition) is 1. The summed E-state index contributed by atoms with van der Waals surface area (Å²) in [5.41, 5.74) is 1.04. The largest absolute Gasteiger partial charge is 0.493 e. The van der Waals surface area contributed by atoms with Crippen molar-refractivity contribution in [2.24, 2.45) is 0 Å². The van der Waals surface area contributed by atoms with Gasteiger partial charge < -0.3 is 14.8 Å². The van der Waals surface area contributed by atoms with Gasteiger partial charge in [-0.2, -0.15) is 0 Å². The lowest BCUT2D eigenvalue weighted by Crippen LogP contribution is -2.30. The first-order chi connectivity index (χ1) is 13.0. The average Bonchev–Trinajstić information content (AvgIpc) is 2.92. The molecule has 0 unspecified atom stereocenters. The van der Waals surface area contributed by atoms with Crippen LogP contribution in [0.5, 0.6) is 11.5 Å². The number of urea groups is 1. The number of carbonyl (C=O) groups is 2. The average molecular weight is 370 g/mol. The van der Waals surface area contributed by atoms with Crippen molar-refractivity contribution in [3.63, 3.8) is 0 Å². The van der Waals surface area contributed by atoms with Gasteiger partial charge in [0.1, 0.15) is 11.5 Å². The van der Waals surface area contributed by atoms with E-state index < -0.39 is 17.8 Å². The van der Waals surface area contributed by atoms with Gasteiger partial charge in [-0.25, -0.2) is 9.18 Å². The minimum absolute atomic E-state index is 0.113. The molecule has 6 nitrogen and oxygen atoms in total. The minimum Gasteiger partial charge on any atom is -0.493 e. The lowest BCUT2D eigenvalue weighted by Gasteiger charge is -2.12. The highest BCUT2D eigenvalue weighted by atomic mass is 19.1. The zero-order chi connectivity index (χ0) is 19.4. The summed E-state index contributed by atoms with van der Waals surface area (Å²) < 4.78 is 24.6. The monoisotopic (exact) mass is 370 g/mol. The molecule has 27 heavy (non-hydrogen) atoms. The SMILES string of the molecule is CCOc1ccc(C=C2NC(=O)N(Cc3ccccc3F)C2=O)cc1OC. The molecule has 0 aliphatic carbocycles. The zero-order valence-electron chi connectivity index (χ0n) is 15.0. The molecular formula is C20H19FN2O4. The van der Waals surface area contributed by atoms with Gasteiger partial charge in [0, 0.05) is 5.56 Å². The fourth-order valence-electron chi connectivity index (χ4n) is 2.73. The van der Waals surface area contributed by atoms with E-state index in [0.717, 1.165) is 4.90 Å². The molecule has 2 aromatic carbocycles. The number of hydrogen-bond acceptors (Lipinski definition) is 4. The van der Waals surface area contributed by atoms with E-state index >= 15 is 0 Å². The molecule has 1 aliphatic rings. The molecule has 1 aliphatic heterocycles. The van der Waals surface area contributed by atoms with Gasteiger partial charge in [0.2, 0.25) is 0 Å². The first kappa shape index (κ1) is 18.4. The summed E-state index contributed by atoms with van der Waals surface area (Å²) in [6.45, 7) is 2.23. The second-order valence-electron chi connectivity index (χ2n) is 5.81. The maximum Gasteiger partial charge on any atom is 0.329 e. The number of halogens is 1. The Bertz CT molecular complexity index is 911. The summed E-state index contributed by atoms with van der Waals surface area (Å²) in [6, 6.07) is 10.6. The van der Waals surface area contributed by atoms with Crippen LogP contribution in [0.1, 0.15) is 18.1 Å². The molecule has 1 N–H and O–H groups in total. The topological polar surface area (TPSA) is 67.9 Å². The van der Waals surface area contributed by atoms with E-state index in [9.17, 15) is 14.0 Å². The number of ether oxygens (including phenoxy) is 2. The second kappa shape index (κ2) is 7.90. The van der Waals surface area contributed by atoms with Crippen LogP contribution in [-0.2, 0) is 11.3 Å². The van der Waals surface area contributed by atoms with Crippen LogP contribution in [0.25, 0.3) is 6.08 Å². The zero-order valence-corrected chi connectivity index (χ0v) is 15.0. The Morgan fingerprint density at radius 3 is 2.63 bits per heavy atom. The highest BCUT2D eigenvalue weighted by Crippen LogP contribution is 2.29. The summed E-state index contributed by atoms with van der Waals surface area (Å²) in [5, 5.41) is 2.52. The van der Waals surface area contributed by atoms with E-state index in [0.29, 0.717) is 23.7 Å². The van der Waals surface area contributed by atoms with Gasteiger partial charge in [-0.15, -0.1) is 0 Å². The third-order valence-electron chi connectivity index (χ3n) is 4.05. The Labute approximate surface area is 156 Å². The Kier molecular flexibility index (Phi) is 5.40. The summed E-state index contributed by atoms with van der Waals surface area (Å²) in [7, 11) is 1.52. The first-order valence-electron chi connectivity index (χ1n) is 8.42. The van der Waals surface area contributed by atoms with E-state index in [-0.39, 0.29) is 17.8 Å². The van der Waals surface area contributed by atoms with Crippen LogP contribution in [-0.4, -0.2) is 30.6 Å². The Balaban J connectivity index is 1.83. The molecule has 0 atom stereocenters. The number of carbonyl (C=O) groups excluding carboxylic acids is 2. The van der Waals surface area contributed by atoms with Crippen molar-refractivity contribution in [2.75, 3.05) is 13.7 Å². The fourth-order valence-corrected chi connectivity index (χ4v) is 2.73. The van der Waals surface area contributed by atoms with Crippen LogP contribution in [0.15, 0.2) is 48.2 Å². The van der Waals surface area contributed by atoms with Crippen LogP contribution in [0.3, 0.4) is 0 Å². The van der Waals surface area contributed by atoms with Crippen molar-refractivity contribution in [3.05, 3.63) is 65.1 Å². The molecule has 140 valence electrons. The smallest absolute Gasteiger partial charge is 0.329 e. The van der Waals surface area contributed by atoms with Gasteiger partial charge >= 0.3 is 6.03 Å². The third-order valence-corrected chi connectivity index (χ3v) is 4.05. The number of nitrogens with zero attached hydrogens (tertiary/aromatic N) is 1. The molecule has 0 aromatic heterocycles. The quantitative estimate of drug-likeness (QED) is 0.626. The number of amides is 3. The molecule has 0 spiro atoms. The molecule has 3 rings (SSSR count). The Hall–Kier alpha value is -3.35. The highest BCUT2D eigenvalue weighted by Gasteiger charge is 2.34. The summed E-state index contributed by atoms with van der Waals surface area (Å²) >= 11 is 0. The highest BCUT2D eigenvalue weighted by molar-refractivity contribution is 6.13. The number of nitrogens with one attached hydrogen (secondary N) is 1. The number of methoxy groups -OCH3 is 1. The van der Waals surface area contributed by atoms with Crippen molar-refractivity contribution < 1.29 is 23.5 Å². The molecule has 2 aromatic rings. The normalized spacial score (nSPS) is 15.2. The standard InChI is InChI=1S/C20H19FN2O4/c1-3-27-17-9-8-13(11-18(17)26-2)10-16-19(24)23(20(25)22-16)12-14-6-4-5-7-15(14)21/h4-11H,3,12H2,1-2H3,(H,22,25). The van der Waals surface area contributed by atoms with Gasteiger partial charge in [0.15, 0.2) is 11.5 Å². The molecule has 3 amide bonds. The van der Waals surface area contributed by atoms with E-state index in [1.807, 2.05) is 6.92 Å². The van der Waals surface area contributed by atoms with Crippen LogP contribution < -0.4 is 14.8 Å². The minimum atomic E-state index is -0.590. The van der Waals surface area contributed by atoms with Gasteiger partial charge in [-0.1, -0.05) is 24.3 Å². The fraction of sp³-hybridized carbons (Fsp3) is 0.200. The van der Waals surface area contributed by atoms with E-state index in [4.69, 9.17) is 9.47 Å². The van der Waals surface area contributed by atoms with Crippen molar-refractivity contribution in [2.45, 2.75) is 13.5 Å². The third kappa shape index (κ3) is 3.92. The Morgan fingerprint density at radius 2 is 1.93 bits per heavy atom.